The number of fused-ring (bicyclic) bond motifs is 2. The number of unbranched alkanes of at least 4 members (excludes halogenated alkanes) is 1. The van der Waals surface area contributed by atoms with Crippen LogP contribution in [-0.2, 0) is 4.79 Å². The van der Waals surface area contributed by atoms with Crippen LogP contribution >= 0.6 is 0 Å². The summed E-state index contributed by atoms with van der Waals surface area (Å²) in [6.07, 6.45) is 2.08. The van der Waals surface area contributed by atoms with Crippen LogP contribution in [0.2, 0.25) is 0 Å². The molecule has 0 saturated heterocycles. The largest absolute Gasteiger partial charge is 0.493 e. The van der Waals surface area contributed by atoms with Crippen LogP contribution in [0.1, 0.15) is 36.0 Å². The first kappa shape index (κ1) is 23.9. The lowest BCUT2D eigenvalue weighted by molar-refractivity contribution is -0.116. The van der Waals surface area contributed by atoms with Gasteiger partial charge in [0.15, 0.2) is 0 Å². The molecular weight excluding hydrogens is 442 g/mol. The number of aromatic nitrogens is 6. The van der Waals surface area contributed by atoms with E-state index >= 15 is 0 Å². The van der Waals surface area contributed by atoms with E-state index in [1.807, 2.05) is 56.3 Å². The Morgan fingerprint density at radius 3 is 2.14 bits per heavy atom. The zero-order valence-corrected chi connectivity index (χ0v) is 20.1. The number of hydrogen-bond acceptors (Lipinski definition) is 6. The predicted octanol–water partition coefficient (Wildman–Crippen LogP) is 5.03. The van der Waals surface area contributed by atoms with E-state index in [0.717, 1.165) is 51.9 Å². The second kappa shape index (κ2) is 11.2. The zero-order chi connectivity index (χ0) is 24.6. The molecule has 180 valence electrons. The lowest BCUT2D eigenvalue weighted by Crippen LogP contribution is -2.11. The molecule has 0 saturated carbocycles. The molecule has 5 rings (SSSR count). The van der Waals surface area contributed by atoms with E-state index in [-0.39, 0.29) is 5.91 Å². The highest BCUT2D eigenvalue weighted by Gasteiger charge is 2.05. The molecule has 0 bridgehead atoms. The molecule has 0 aliphatic rings. The average molecular weight is 472 g/mol. The molecule has 9 heteroatoms. The Morgan fingerprint density at radius 2 is 1.40 bits per heavy atom. The summed E-state index contributed by atoms with van der Waals surface area (Å²) >= 11 is 0. The van der Waals surface area contributed by atoms with E-state index in [1.165, 1.54) is 11.1 Å². The van der Waals surface area contributed by atoms with E-state index in [9.17, 15) is 4.79 Å². The van der Waals surface area contributed by atoms with E-state index in [0.29, 0.717) is 13.0 Å². The number of aromatic amines is 2. The van der Waals surface area contributed by atoms with Gasteiger partial charge in [-0.05, 0) is 81.1 Å². The minimum Gasteiger partial charge on any atom is -0.493 e. The molecule has 3 aromatic carbocycles. The van der Waals surface area contributed by atoms with Crippen molar-refractivity contribution in [2.75, 3.05) is 11.9 Å². The summed E-state index contributed by atoms with van der Waals surface area (Å²) in [6.45, 7) is 6.76. The molecule has 0 radical (unpaired) electrons. The number of amides is 1. The molecule has 3 N–H and O–H groups in total. The lowest BCUT2D eigenvalue weighted by Gasteiger charge is -2.09. The van der Waals surface area contributed by atoms with Gasteiger partial charge in [0.2, 0.25) is 5.91 Å². The summed E-state index contributed by atoms with van der Waals surface area (Å²) in [5.41, 5.74) is 7.68. The third kappa shape index (κ3) is 6.63. The molecule has 5 aromatic rings. The van der Waals surface area contributed by atoms with Gasteiger partial charge in [-0.2, -0.15) is 30.8 Å². The average Bonchev–Trinajstić information content (AvgIpc) is 3.49. The summed E-state index contributed by atoms with van der Waals surface area (Å²) in [4.78, 5) is 12.0. The standard InChI is InChI=1S/C19H22N4O2.C7H7N3/c1-13-6-9-18(14(2)11-13)25-10-4-3-5-19(24)20-15-7-8-16-17(12-15)22-23-21-16;1-5-2-3-6-7(4-5)9-10-8-6/h6-9,11-12H,3-5,10H2,1-2H3,(H,20,24)(H,21,22,23);2-4H,1H3,(H,8,9,10). The SMILES string of the molecule is Cc1ccc(OCCCCC(=O)Nc2ccc3n[nH]nc3c2)c(C)c1.Cc1ccc2n[nH]nc2c1. The van der Waals surface area contributed by atoms with Gasteiger partial charge in [0.1, 0.15) is 27.8 Å². The van der Waals surface area contributed by atoms with E-state index < -0.39 is 0 Å². The van der Waals surface area contributed by atoms with Crippen molar-refractivity contribution in [3.63, 3.8) is 0 Å². The van der Waals surface area contributed by atoms with Crippen LogP contribution < -0.4 is 10.1 Å². The van der Waals surface area contributed by atoms with Gasteiger partial charge >= 0.3 is 0 Å². The Morgan fingerprint density at radius 1 is 0.771 bits per heavy atom. The topological polar surface area (TPSA) is 121 Å². The molecule has 0 unspecified atom stereocenters. The third-order valence-corrected chi connectivity index (χ3v) is 5.46. The molecule has 1 amide bonds. The van der Waals surface area contributed by atoms with Gasteiger partial charge in [0.05, 0.1) is 6.61 Å². The molecule has 0 fully saturated rings. The van der Waals surface area contributed by atoms with Crippen molar-refractivity contribution >= 4 is 33.7 Å². The van der Waals surface area contributed by atoms with Gasteiger partial charge in [-0.15, -0.1) is 0 Å². The van der Waals surface area contributed by atoms with Crippen LogP contribution in [0.15, 0.2) is 54.6 Å². The van der Waals surface area contributed by atoms with Crippen molar-refractivity contribution in [1.29, 1.82) is 0 Å². The number of benzene rings is 3. The predicted molar refractivity (Wildman–Crippen MR) is 136 cm³/mol. The van der Waals surface area contributed by atoms with Crippen LogP contribution in [0.25, 0.3) is 22.1 Å². The quantitative estimate of drug-likeness (QED) is 0.286. The highest BCUT2D eigenvalue weighted by atomic mass is 16.5. The lowest BCUT2D eigenvalue weighted by atomic mass is 10.1. The summed E-state index contributed by atoms with van der Waals surface area (Å²) in [5, 5.41) is 23.9. The summed E-state index contributed by atoms with van der Waals surface area (Å²) < 4.78 is 5.78. The Hall–Kier alpha value is -4.27. The fourth-order valence-electron chi connectivity index (χ4n) is 3.62. The second-order valence-electron chi connectivity index (χ2n) is 8.47. The van der Waals surface area contributed by atoms with Crippen molar-refractivity contribution in [3.8, 4) is 5.75 Å². The van der Waals surface area contributed by atoms with E-state index in [4.69, 9.17) is 4.74 Å². The normalized spacial score (nSPS) is 10.7. The van der Waals surface area contributed by atoms with Crippen LogP contribution in [-0.4, -0.2) is 43.3 Å². The number of anilines is 1. The molecule has 0 spiro atoms. The number of aryl methyl sites for hydroxylation is 3. The Kier molecular flexibility index (Phi) is 7.67. The van der Waals surface area contributed by atoms with Crippen molar-refractivity contribution in [2.24, 2.45) is 0 Å². The number of carbonyl (C=O) groups is 1. The maximum Gasteiger partial charge on any atom is 0.224 e. The van der Waals surface area contributed by atoms with Crippen LogP contribution in [0.4, 0.5) is 5.69 Å². The minimum atomic E-state index is -0.00522. The Balaban J connectivity index is 0.000000239. The summed E-state index contributed by atoms with van der Waals surface area (Å²) in [7, 11) is 0. The molecular formula is C26H29N7O2. The monoisotopic (exact) mass is 471 g/mol. The fourth-order valence-corrected chi connectivity index (χ4v) is 3.62. The number of rotatable bonds is 7. The Labute approximate surface area is 203 Å². The molecule has 2 aromatic heterocycles. The van der Waals surface area contributed by atoms with Crippen molar-refractivity contribution in [1.82, 2.24) is 30.8 Å². The van der Waals surface area contributed by atoms with E-state index in [2.05, 4.69) is 49.1 Å². The maximum absolute atomic E-state index is 12.0. The number of carbonyl (C=O) groups excluding carboxylic acids is 1. The van der Waals surface area contributed by atoms with Gasteiger partial charge in [-0.25, -0.2) is 0 Å². The van der Waals surface area contributed by atoms with Crippen molar-refractivity contribution < 1.29 is 9.53 Å². The minimum absolute atomic E-state index is 0.00522. The number of nitrogens with zero attached hydrogens (tertiary/aromatic N) is 4. The molecule has 0 aliphatic heterocycles. The molecule has 35 heavy (non-hydrogen) atoms. The fraction of sp³-hybridized carbons (Fsp3) is 0.269. The van der Waals surface area contributed by atoms with Gasteiger partial charge in [-0.1, -0.05) is 23.8 Å². The van der Waals surface area contributed by atoms with Gasteiger partial charge in [-0.3, -0.25) is 4.79 Å². The smallest absolute Gasteiger partial charge is 0.224 e. The highest BCUT2D eigenvalue weighted by Crippen LogP contribution is 2.19. The highest BCUT2D eigenvalue weighted by molar-refractivity contribution is 5.92. The maximum atomic E-state index is 12.0. The number of nitrogens with one attached hydrogen (secondary N) is 3. The second-order valence-corrected chi connectivity index (χ2v) is 8.47. The zero-order valence-electron chi connectivity index (χ0n) is 20.1. The van der Waals surface area contributed by atoms with Crippen LogP contribution in [0.3, 0.4) is 0 Å². The van der Waals surface area contributed by atoms with Crippen molar-refractivity contribution in [3.05, 3.63) is 71.3 Å². The molecule has 9 nitrogen and oxygen atoms in total. The van der Waals surface area contributed by atoms with Gasteiger partial charge in [0.25, 0.3) is 0 Å². The summed E-state index contributed by atoms with van der Waals surface area (Å²) in [5.74, 6) is 0.908. The third-order valence-electron chi connectivity index (χ3n) is 5.46. The van der Waals surface area contributed by atoms with Gasteiger partial charge < -0.3 is 10.1 Å². The first-order valence-corrected chi connectivity index (χ1v) is 11.6. The molecule has 0 atom stereocenters. The number of ether oxygens (including phenoxy) is 1. The molecule has 2 heterocycles. The van der Waals surface area contributed by atoms with Crippen LogP contribution in [0.5, 0.6) is 5.75 Å². The van der Waals surface area contributed by atoms with Crippen molar-refractivity contribution in [2.45, 2.75) is 40.0 Å². The first-order chi connectivity index (χ1) is 17.0. The first-order valence-electron chi connectivity index (χ1n) is 11.6. The summed E-state index contributed by atoms with van der Waals surface area (Å²) in [6, 6.07) is 17.6. The Bertz CT molecular complexity index is 1420. The van der Waals surface area contributed by atoms with Crippen LogP contribution in [0, 0.1) is 20.8 Å². The van der Waals surface area contributed by atoms with Gasteiger partial charge in [0, 0.05) is 12.1 Å². The number of hydrogen-bond donors (Lipinski definition) is 3. The molecule has 0 aliphatic carbocycles. The number of H-pyrrole nitrogens is 2. The van der Waals surface area contributed by atoms with E-state index in [1.54, 1.807) is 6.07 Å².